The summed E-state index contributed by atoms with van der Waals surface area (Å²) >= 11 is 0. The number of nitrogens with one attached hydrogen (secondary N) is 1. The smallest absolute Gasteiger partial charge is 0.254 e. The van der Waals surface area contributed by atoms with Gasteiger partial charge < -0.3 is 15.2 Å². The third kappa shape index (κ3) is 4.03. The Morgan fingerprint density at radius 2 is 2.43 bits per heavy atom. The van der Waals surface area contributed by atoms with Gasteiger partial charge in [0.15, 0.2) is 0 Å². The van der Waals surface area contributed by atoms with Crippen LogP contribution in [0.4, 0.5) is 4.39 Å². The molecule has 0 bridgehead atoms. The fourth-order valence-corrected chi connectivity index (χ4v) is 2.27. The number of rotatable bonds is 3. The Labute approximate surface area is 123 Å². The zero-order valence-corrected chi connectivity index (χ0v) is 11.9. The summed E-state index contributed by atoms with van der Waals surface area (Å²) in [5.41, 5.74) is 0.456. The second-order valence-electron chi connectivity index (χ2n) is 5.04. The van der Waals surface area contributed by atoms with Crippen LogP contribution in [-0.4, -0.2) is 36.9 Å². The van der Waals surface area contributed by atoms with E-state index in [1.807, 2.05) is 6.92 Å². The molecule has 1 aromatic carbocycles. The zero-order chi connectivity index (χ0) is 15.2. The van der Waals surface area contributed by atoms with Crippen LogP contribution < -0.4 is 5.32 Å². The van der Waals surface area contributed by atoms with Crippen LogP contribution in [0.5, 0.6) is 0 Å². The maximum atomic E-state index is 13.8. The Morgan fingerprint density at radius 1 is 1.62 bits per heavy atom. The lowest BCUT2D eigenvalue weighted by Gasteiger charge is -2.19. The predicted molar refractivity (Wildman–Crippen MR) is 76.2 cm³/mol. The number of aliphatic hydroxyl groups is 1. The second kappa shape index (κ2) is 7.21. The van der Waals surface area contributed by atoms with Crippen molar-refractivity contribution in [3.05, 3.63) is 35.1 Å². The van der Waals surface area contributed by atoms with Gasteiger partial charge in [0.1, 0.15) is 12.4 Å². The molecule has 0 saturated carbocycles. The minimum Gasteiger partial charge on any atom is -0.384 e. The molecule has 1 aromatic rings. The monoisotopic (exact) mass is 291 g/mol. The number of aliphatic hydroxyl groups excluding tert-OH is 1. The molecule has 1 heterocycles. The molecule has 0 aliphatic carbocycles. The summed E-state index contributed by atoms with van der Waals surface area (Å²) < 4.78 is 19.1. The predicted octanol–water partition coefficient (Wildman–Crippen LogP) is 1.32. The van der Waals surface area contributed by atoms with Crippen LogP contribution >= 0.6 is 0 Å². The van der Waals surface area contributed by atoms with E-state index in [9.17, 15) is 9.18 Å². The van der Waals surface area contributed by atoms with Crippen molar-refractivity contribution in [2.24, 2.45) is 5.92 Å². The van der Waals surface area contributed by atoms with Crippen molar-refractivity contribution in [1.82, 2.24) is 5.32 Å². The van der Waals surface area contributed by atoms with Gasteiger partial charge in [0.05, 0.1) is 12.2 Å². The molecule has 112 valence electrons. The van der Waals surface area contributed by atoms with Crippen molar-refractivity contribution in [2.75, 3.05) is 19.8 Å². The Balaban J connectivity index is 2.10. The maximum absolute atomic E-state index is 13.8. The lowest BCUT2D eigenvalue weighted by Crippen LogP contribution is -2.38. The Morgan fingerprint density at radius 3 is 3.10 bits per heavy atom. The lowest BCUT2D eigenvalue weighted by atomic mass is 10.00. The average molecular weight is 291 g/mol. The highest BCUT2D eigenvalue weighted by molar-refractivity contribution is 5.95. The molecule has 0 aromatic heterocycles. The van der Waals surface area contributed by atoms with Crippen LogP contribution in [-0.2, 0) is 4.74 Å². The van der Waals surface area contributed by atoms with Gasteiger partial charge in [0.25, 0.3) is 5.91 Å². The van der Waals surface area contributed by atoms with Gasteiger partial charge in [0, 0.05) is 24.1 Å². The van der Waals surface area contributed by atoms with Crippen molar-refractivity contribution in [2.45, 2.75) is 19.4 Å². The third-order valence-corrected chi connectivity index (χ3v) is 3.55. The highest BCUT2D eigenvalue weighted by Gasteiger charge is 2.24. The van der Waals surface area contributed by atoms with Gasteiger partial charge in [-0.3, -0.25) is 4.79 Å². The standard InChI is InChI=1S/C16H18FNO3/c1-11(13-6-8-21-10-13)18-16(20)14-9-12(3-2-7-19)4-5-15(14)17/h4-5,9,11,13,19H,6-8,10H2,1H3,(H,18,20). The van der Waals surface area contributed by atoms with Gasteiger partial charge in [0.2, 0.25) is 0 Å². The molecule has 5 heteroatoms. The number of hydrogen-bond donors (Lipinski definition) is 2. The molecule has 2 atom stereocenters. The largest absolute Gasteiger partial charge is 0.384 e. The minimum atomic E-state index is -0.586. The first-order valence-electron chi connectivity index (χ1n) is 6.89. The summed E-state index contributed by atoms with van der Waals surface area (Å²) in [6.45, 7) is 2.93. The van der Waals surface area contributed by atoms with Crippen molar-refractivity contribution >= 4 is 5.91 Å². The number of carbonyl (C=O) groups is 1. The number of ether oxygens (including phenoxy) is 1. The minimum absolute atomic E-state index is 0.0366. The van der Waals surface area contributed by atoms with Crippen LogP contribution in [0.2, 0.25) is 0 Å². The number of benzene rings is 1. The van der Waals surface area contributed by atoms with E-state index in [1.54, 1.807) is 0 Å². The molecule has 2 rings (SSSR count). The molecule has 2 N–H and O–H groups in total. The zero-order valence-electron chi connectivity index (χ0n) is 11.9. The van der Waals surface area contributed by atoms with Crippen molar-refractivity contribution in [1.29, 1.82) is 0 Å². The van der Waals surface area contributed by atoms with Gasteiger partial charge in [-0.15, -0.1) is 0 Å². The number of carbonyl (C=O) groups excluding carboxylic acids is 1. The van der Waals surface area contributed by atoms with E-state index >= 15 is 0 Å². The quantitative estimate of drug-likeness (QED) is 0.826. The summed E-state index contributed by atoms with van der Waals surface area (Å²) in [6.07, 6.45) is 0.895. The van der Waals surface area contributed by atoms with Crippen LogP contribution in [0.1, 0.15) is 29.3 Å². The molecule has 2 unspecified atom stereocenters. The molecule has 1 amide bonds. The first-order chi connectivity index (χ1) is 10.1. The van der Waals surface area contributed by atoms with Crippen molar-refractivity contribution < 1.29 is 19.0 Å². The van der Waals surface area contributed by atoms with Gasteiger partial charge in [-0.25, -0.2) is 4.39 Å². The molecule has 4 nitrogen and oxygen atoms in total. The molecule has 1 fully saturated rings. The van der Waals surface area contributed by atoms with Crippen LogP contribution in [0.25, 0.3) is 0 Å². The van der Waals surface area contributed by atoms with E-state index in [4.69, 9.17) is 9.84 Å². The van der Waals surface area contributed by atoms with E-state index in [1.165, 1.54) is 18.2 Å². The van der Waals surface area contributed by atoms with Crippen LogP contribution in [0.15, 0.2) is 18.2 Å². The fraction of sp³-hybridized carbons (Fsp3) is 0.438. The van der Waals surface area contributed by atoms with E-state index in [0.717, 1.165) is 6.42 Å². The molecule has 0 spiro atoms. The lowest BCUT2D eigenvalue weighted by molar-refractivity contribution is 0.0918. The molecular formula is C16H18FNO3. The van der Waals surface area contributed by atoms with Crippen LogP contribution in [0, 0.1) is 23.6 Å². The fourth-order valence-electron chi connectivity index (χ4n) is 2.27. The topological polar surface area (TPSA) is 58.6 Å². The van der Waals surface area contributed by atoms with Crippen LogP contribution in [0.3, 0.4) is 0 Å². The highest BCUT2D eigenvalue weighted by atomic mass is 19.1. The van der Waals surface area contributed by atoms with E-state index in [-0.39, 0.29) is 24.1 Å². The summed E-state index contributed by atoms with van der Waals surface area (Å²) in [5, 5.41) is 11.5. The Bertz CT molecular complexity index is 571. The molecule has 21 heavy (non-hydrogen) atoms. The molecule has 1 aliphatic rings. The van der Waals surface area contributed by atoms with E-state index < -0.39 is 11.7 Å². The van der Waals surface area contributed by atoms with Gasteiger partial charge in [-0.1, -0.05) is 11.8 Å². The molecule has 0 radical (unpaired) electrons. The summed E-state index contributed by atoms with van der Waals surface area (Å²) in [6, 6.07) is 4.00. The SMILES string of the molecule is CC(NC(=O)c1cc(C#CCO)ccc1F)C1CCOC1. The first kappa shape index (κ1) is 15.5. The molecule has 1 saturated heterocycles. The van der Waals surface area contributed by atoms with E-state index in [2.05, 4.69) is 17.2 Å². The summed E-state index contributed by atoms with van der Waals surface area (Å²) in [4.78, 5) is 12.2. The molecular weight excluding hydrogens is 273 g/mol. The first-order valence-corrected chi connectivity index (χ1v) is 6.89. The highest BCUT2D eigenvalue weighted by Crippen LogP contribution is 2.17. The van der Waals surface area contributed by atoms with Crippen molar-refractivity contribution in [3.8, 4) is 11.8 Å². The number of amides is 1. The maximum Gasteiger partial charge on any atom is 0.254 e. The van der Waals surface area contributed by atoms with Crippen molar-refractivity contribution in [3.63, 3.8) is 0 Å². The summed E-state index contributed by atoms with van der Waals surface area (Å²) in [7, 11) is 0. The second-order valence-corrected chi connectivity index (χ2v) is 5.04. The Hall–Kier alpha value is -1.90. The average Bonchev–Trinajstić information content (AvgIpc) is 3.00. The third-order valence-electron chi connectivity index (χ3n) is 3.55. The Kier molecular flexibility index (Phi) is 5.32. The van der Waals surface area contributed by atoms with Gasteiger partial charge >= 0.3 is 0 Å². The summed E-state index contributed by atoms with van der Waals surface area (Å²) in [5.74, 6) is 4.34. The van der Waals surface area contributed by atoms with Gasteiger partial charge in [-0.2, -0.15) is 0 Å². The van der Waals surface area contributed by atoms with E-state index in [0.29, 0.717) is 18.8 Å². The molecule has 1 aliphatic heterocycles. The number of hydrogen-bond acceptors (Lipinski definition) is 3. The van der Waals surface area contributed by atoms with Gasteiger partial charge in [-0.05, 0) is 31.5 Å². The normalized spacial score (nSPS) is 18.7. The number of halogens is 1.